The molecule has 0 atom stereocenters. The van der Waals surface area contributed by atoms with Crippen molar-refractivity contribution >= 4 is 11.6 Å². The minimum Gasteiger partial charge on any atom is -0.467 e. The number of carbonyl (C=O) groups excluding carboxylic acids is 1. The molecule has 1 heterocycles. The Morgan fingerprint density at radius 2 is 1.86 bits per heavy atom. The normalized spacial score (nSPS) is 11.2. The van der Waals surface area contributed by atoms with Crippen LogP contribution in [0.4, 0.5) is 18.9 Å². The first kappa shape index (κ1) is 15.9. The average Bonchev–Trinajstić information content (AvgIpc) is 2.98. The molecule has 2 aromatic rings. The summed E-state index contributed by atoms with van der Waals surface area (Å²) in [6.45, 7) is -1.24. The Morgan fingerprint density at radius 3 is 2.45 bits per heavy atom. The van der Waals surface area contributed by atoms with Gasteiger partial charge in [-0.3, -0.25) is 4.79 Å². The van der Waals surface area contributed by atoms with Crippen LogP contribution in [0.2, 0.25) is 0 Å². The highest BCUT2D eigenvalue weighted by molar-refractivity contribution is 5.81. The van der Waals surface area contributed by atoms with Gasteiger partial charge in [-0.1, -0.05) is 18.2 Å². The number of benzene rings is 1. The maximum absolute atomic E-state index is 12.1. The molecular weight excluding hydrogens is 297 g/mol. The van der Waals surface area contributed by atoms with Gasteiger partial charge in [0.1, 0.15) is 12.3 Å². The predicted octanol–water partition coefficient (Wildman–Crippen LogP) is 2.96. The molecule has 0 spiro atoms. The lowest BCUT2D eigenvalue weighted by molar-refractivity contribution is -0.137. The average molecular weight is 312 g/mol. The highest BCUT2D eigenvalue weighted by atomic mass is 19.4. The van der Waals surface area contributed by atoms with Crippen molar-refractivity contribution in [3.8, 4) is 0 Å². The van der Waals surface area contributed by atoms with Gasteiger partial charge in [0, 0.05) is 5.69 Å². The molecule has 1 amide bonds. The Morgan fingerprint density at radius 1 is 1.14 bits per heavy atom. The molecule has 1 aromatic carbocycles. The van der Waals surface area contributed by atoms with Gasteiger partial charge >= 0.3 is 6.18 Å². The van der Waals surface area contributed by atoms with Crippen molar-refractivity contribution in [3.05, 3.63) is 54.5 Å². The number of amides is 1. The molecule has 1 N–H and O–H groups in total. The molecule has 0 aliphatic carbocycles. The summed E-state index contributed by atoms with van der Waals surface area (Å²) in [6, 6.07) is 12.4. The van der Waals surface area contributed by atoms with Crippen LogP contribution in [0.25, 0.3) is 0 Å². The number of furan rings is 1. The Bertz CT molecular complexity index is 583. The molecule has 0 aliphatic rings. The van der Waals surface area contributed by atoms with Gasteiger partial charge in [-0.2, -0.15) is 13.2 Å². The van der Waals surface area contributed by atoms with E-state index in [9.17, 15) is 18.0 Å². The zero-order valence-corrected chi connectivity index (χ0v) is 11.6. The summed E-state index contributed by atoms with van der Waals surface area (Å²) in [6.07, 6.45) is -2.92. The summed E-state index contributed by atoms with van der Waals surface area (Å²) in [5.74, 6) is -0.0831. The molecular formula is C15H15F3N2O2. The second-order valence-corrected chi connectivity index (χ2v) is 4.66. The number of hydrogen-bond donors (Lipinski definition) is 1. The number of alkyl halides is 3. The maximum atomic E-state index is 12.1. The second kappa shape index (κ2) is 7.02. The van der Waals surface area contributed by atoms with Crippen LogP contribution >= 0.6 is 0 Å². The molecule has 118 valence electrons. The van der Waals surface area contributed by atoms with E-state index < -0.39 is 18.6 Å². The number of hydrogen-bond acceptors (Lipinski definition) is 3. The monoisotopic (exact) mass is 312 g/mol. The van der Waals surface area contributed by atoms with Crippen molar-refractivity contribution in [1.29, 1.82) is 0 Å². The third kappa shape index (κ3) is 5.16. The predicted molar refractivity (Wildman–Crippen MR) is 75.3 cm³/mol. The number of rotatable bonds is 6. The van der Waals surface area contributed by atoms with Gasteiger partial charge in [0.05, 0.1) is 19.4 Å². The van der Waals surface area contributed by atoms with Gasteiger partial charge in [0.25, 0.3) is 0 Å². The number of nitrogens with zero attached hydrogens (tertiary/aromatic N) is 1. The summed E-state index contributed by atoms with van der Waals surface area (Å²) in [5, 5.41) is 1.87. The van der Waals surface area contributed by atoms with Crippen molar-refractivity contribution in [2.75, 3.05) is 18.0 Å². The van der Waals surface area contributed by atoms with E-state index in [-0.39, 0.29) is 13.1 Å². The fourth-order valence-corrected chi connectivity index (χ4v) is 1.90. The minimum absolute atomic E-state index is 0.194. The molecule has 0 bridgehead atoms. The first-order valence-electron chi connectivity index (χ1n) is 6.60. The quantitative estimate of drug-likeness (QED) is 0.892. The number of carbonyl (C=O) groups is 1. The van der Waals surface area contributed by atoms with E-state index in [0.717, 1.165) is 5.69 Å². The lowest BCUT2D eigenvalue weighted by Crippen LogP contribution is -2.41. The standard InChI is InChI=1S/C15H15F3N2O2/c16-15(17,18)11-19-14(21)10-20(9-13-7-4-8-22-13)12-5-2-1-3-6-12/h1-8H,9-11H2,(H,19,21). The van der Waals surface area contributed by atoms with Gasteiger partial charge < -0.3 is 14.6 Å². The van der Waals surface area contributed by atoms with Crippen LogP contribution in [0.5, 0.6) is 0 Å². The van der Waals surface area contributed by atoms with Crippen LogP contribution in [0, 0.1) is 0 Å². The highest BCUT2D eigenvalue weighted by Gasteiger charge is 2.28. The largest absolute Gasteiger partial charge is 0.467 e. The van der Waals surface area contributed by atoms with E-state index in [2.05, 4.69) is 0 Å². The molecule has 0 fully saturated rings. The van der Waals surface area contributed by atoms with Crippen LogP contribution in [0.15, 0.2) is 53.1 Å². The summed E-state index contributed by atoms with van der Waals surface area (Å²) in [4.78, 5) is 13.4. The Hall–Kier alpha value is -2.44. The summed E-state index contributed by atoms with van der Waals surface area (Å²) in [7, 11) is 0. The van der Waals surface area contributed by atoms with E-state index in [0.29, 0.717) is 5.76 Å². The van der Waals surface area contributed by atoms with Crippen LogP contribution in [-0.2, 0) is 11.3 Å². The zero-order valence-electron chi connectivity index (χ0n) is 11.6. The van der Waals surface area contributed by atoms with Gasteiger partial charge in [-0.25, -0.2) is 0 Å². The molecule has 7 heteroatoms. The van der Waals surface area contributed by atoms with Crippen molar-refractivity contribution in [1.82, 2.24) is 5.32 Å². The van der Waals surface area contributed by atoms with Crippen LogP contribution < -0.4 is 10.2 Å². The summed E-state index contributed by atoms with van der Waals surface area (Å²) < 4.78 is 41.6. The molecule has 0 saturated heterocycles. The van der Waals surface area contributed by atoms with Gasteiger partial charge in [0.2, 0.25) is 5.91 Å². The molecule has 0 saturated carbocycles. The van der Waals surface area contributed by atoms with Crippen molar-refractivity contribution in [2.24, 2.45) is 0 Å². The third-order valence-electron chi connectivity index (χ3n) is 2.87. The van der Waals surface area contributed by atoms with Gasteiger partial charge in [-0.05, 0) is 24.3 Å². The summed E-state index contributed by atoms with van der Waals surface area (Å²) in [5.41, 5.74) is 0.723. The van der Waals surface area contributed by atoms with Crippen molar-refractivity contribution in [2.45, 2.75) is 12.7 Å². The molecule has 22 heavy (non-hydrogen) atoms. The maximum Gasteiger partial charge on any atom is 0.405 e. The Kier molecular flexibility index (Phi) is 5.08. The molecule has 0 radical (unpaired) electrons. The number of para-hydroxylation sites is 1. The van der Waals surface area contributed by atoms with E-state index in [1.807, 2.05) is 11.4 Å². The van der Waals surface area contributed by atoms with Crippen molar-refractivity contribution in [3.63, 3.8) is 0 Å². The Labute approximate surface area is 125 Å². The van der Waals surface area contributed by atoms with E-state index in [1.165, 1.54) is 6.26 Å². The molecule has 0 unspecified atom stereocenters. The molecule has 4 nitrogen and oxygen atoms in total. The smallest absolute Gasteiger partial charge is 0.405 e. The zero-order chi connectivity index (χ0) is 16.0. The number of anilines is 1. The van der Waals surface area contributed by atoms with E-state index in [4.69, 9.17) is 4.42 Å². The third-order valence-corrected chi connectivity index (χ3v) is 2.87. The number of nitrogens with one attached hydrogen (secondary N) is 1. The fraction of sp³-hybridized carbons (Fsp3) is 0.267. The first-order valence-corrected chi connectivity index (χ1v) is 6.60. The highest BCUT2D eigenvalue weighted by Crippen LogP contribution is 2.17. The SMILES string of the molecule is O=C(CN(Cc1ccco1)c1ccccc1)NCC(F)(F)F. The lowest BCUT2D eigenvalue weighted by atomic mass is 10.2. The van der Waals surface area contributed by atoms with Crippen LogP contribution in [0.1, 0.15) is 5.76 Å². The molecule has 1 aromatic heterocycles. The molecule has 2 rings (SSSR count). The van der Waals surface area contributed by atoms with Gasteiger partial charge in [-0.15, -0.1) is 0 Å². The number of halogens is 3. The summed E-state index contributed by atoms with van der Waals surface area (Å²) >= 11 is 0. The lowest BCUT2D eigenvalue weighted by Gasteiger charge is -2.23. The van der Waals surface area contributed by atoms with E-state index in [1.54, 1.807) is 41.3 Å². The van der Waals surface area contributed by atoms with Gasteiger partial charge in [0.15, 0.2) is 0 Å². The fourth-order valence-electron chi connectivity index (χ4n) is 1.90. The first-order chi connectivity index (χ1) is 10.4. The molecule has 0 aliphatic heterocycles. The van der Waals surface area contributed by atoms with Crippen molar-refractivity contribution < 1.29 is 22.4 Å². The van der Waals surface area contributed by atoms with Crippen LogP contribution in [-0.4, -0.2) is 25.2 Å². The minimum atomic E-state index is -4.42. The van der Waals surface area contributed by atoms with Crippen LogP contribution in [0.3, 0.4) is 0 Å². The van der Waals surface area contributed by atoms with E-state index >= 15 is 0 Å². The topological polar surface area (TPSA) is 45.5 Å². The second-order valence-electron chi connectivity index (χ2n) is 4.66. The Balaban J connectivity index is 2.03.